The molecule has 1 saturated carbocycles. The molecule has 1 aliphatic rings. The van der Waals surface area contributed by atoms with Crippen molar-refractivity contribution in [2.75, 3.05) is 12.8 Å². The summed E-state index contributed by atoms with van der Waals surface area (Å²) in [5, 5.41) is 12.1. The Balaban J connectivity index is 2.42. The number of hydrogen-bond acceptors (Lipinski definition) is 5. The average molecular weight is 307 g/mol. The van der Waals surface area contributed by atoms with Gasteiger partial charge in [-0.3, -0.25) is 0 Å². The van der Waals surface area contributed by atoms with Crippen LogP contribution in [0, 0.1) is 5.92 Å². The first-order valence-corrected chi connectivity index (χ1v) is 8.78. The van der Waals surface area contributed by atoms with E-state index in [-0.39, 0.29) is 12.3 Å². The van der Waals surface area contributed by atoms with E-state index in [1.807, 2.05) is 0 Å². The van der Waals surface area contributed by atoms with Crippen LogP contribution in [-0.4, -0.2) is 49.4 Å². The molecule has 7 heteroatoms. The second-order valence-electron chi connectivity index (χ2n) is 6.47. The monoisotopic (exact) mass is 307 g/mol. The highest BCUT2D eigenvalue weighted by Gasteiger charge is 2.34. The van der Waals surface area contributed by atoms with Crippen LogP contribution in [0.1, 0.15) is 40.0 Å². The lowest BCUT2D eigenvalue weighted by molar-refractivity contribution is 0.0437. The summed E-state index contributed by atoms with van der Waals surface area (Å²) in [5.74, 6) is -0.125. The molecule has 0 aromatic rings. The van der Waals surface area contributed by atoms with Gasteiger partial charge in [-0.15, -0.1) is 0 Å². The van der Waals surface area contributed by atoms with Crippen LogP contribution in [0.5, 0.6) is 0 Å². The average Bonchev–Trinajstić information content (AvgIpc) is 2.23. The Bertz CT molecular complexity index is 440. The minimum absolute atomic E-state index is 0.125. The number of aliphatic hydroxyl groups excluding tert-OH is 1. The van der Waals surface area contributed by atoms with Crippen LogP contribution < -0.4 is 5.32 Å². The van der Waals surface area contributed by atoms with Gasteiger partial charge >= 0.3 is 6.09 Å². The van der Waals surface area contributed by atoms with Gasteiger partial charge < -0.3 is 15.2 Å². The molecule has 1 fully saturated rings. The highest BCUT2D eigenvalue weighted by atomic mass is 32.2. The molecule has 1 rings (SSSR count). The van der Waals surface area contributed by atoms with E-state index in [1.54, 1.807) is 20.8 Å². The van der Waals surface area contributed by atoms with Crippen LogP contribution in [0.25, 0.3) is 0 Å². The maximum Gasteiger partial charge on any atom is 0.407 e. The number of ether oxygens (including phenoxy) is 1. The first-order chi connectivity index (χ1) is 8.99. The number of carbonyl (C=O) groups is 1. The fourth-order valence-electron chi connectivity index (χ4n) is 2.33. The second-order valence-corrected chi connectivity index (χ2v) is 8.80. The van der Waals surface area contributed by atoms with E-state index in [2.05, 4.69) is 5.32 Å². The zero-order valence-electron chi connectivity index (χ0n) is 12.5. The summed E-state index contributed by atoms with van der Waals surface area (Å²) in [7, 11) is -3.11. The molecule has 2 unspecified atom stereocenters. The number of rotatable bonds is 3. The van der Waals surface area contributed by atoms with Crippen molar-refractivity contribution in [3.8, 4) is 0 Å². The van der Waals surface area contributed by atoms with Crippen LogP contribution in [0.2, 0.25) is 0 Å². The van der Waals surface area contributed by atoms with Gasteiger partial charge in [0.2, 0.25) is 0 Å². The van der Waals surface area contributed by atoms with Crippen molar-refractivity contribution in [1.82, 2.24) is 5.32 Å². The van der Waals surface area contributed by atoms with E-state index in [0.717, 1.165) is 0 Å². The third-order valence-corrected chi connectivity index (χ3v) is 5.06. The Morgan fingerprint density at radius 1 is 1.35 bits per heavy atom. The number of sulfone groups is 1. The minimum Gasteiger partial charge on any atom is -0.444 e. The number of nitrogens with one attached hydrogen (secondary N) is 1. The Kier molecular flexibility index (Phi) is 5.43. The molecule has 0 saturated heterocycles. The molecule has 0 bridgehead atoms. The number of amides is 1. The summed E-state index contributed by atoms with van der Waals surface area (Å²) in [4.78, 5) is 11.5. The van der Waals surface area contributed by atoms with Gasteiger partial charge in [-0.05, 0) is 40.0 Å². The number of hydrogen-bond donors (Lipinski definition) is 2. The molecule has 6 nitrogen and oxygen atoms in total. The largest absolute Gasteiger partial charge is 0.444 e. The number of aliphatic hydroxyl groups is 1. The predicted molar refractivity (Wildman–Crippen MR) is 76.2 cm³/mol. The summed E-state index contributed by atoms with van der Waals surface area (Å²) in [6.45, 7) is 5.63. The lowest BCUT2D eigenvalue weighted by atomic mass is 9.86. The second kappa shape index (κ2) is 6.30. The van der Waals surface area contributed by atoms with E-state index >= 15 is 0 Å². The Morgan fingerprint density at radius 3 is 2.40 bits per heavy atom. The minimum atomic E-state index is -3.11. The van der Waals surface area contributed by atoms with Crippen molar-refractivity contribution in [2.45, 2.75) is 57.0 Å². The van der Waals surface area contributed by atoms with Crippen LogP contribution in [0.15, 0.2) is 0 Å². The highest BCUT2D eigenvalue weighted by molar-refractivity contribution is 7.91. The molecule has 0 aliphatic heterocycles. The number of carbonyl (C=O) groups excluding carboxylic acids is 1. The topological polar surface area (TPSA) is 92.7 Å². The first-order valence-electron chi connectivity index (χ1n) is 6.83. The fourth-order valence-corrected chi connectivity index (χ4v) is 3.44. The van der Waals surface area contributed by atoms with Gasteiger partial charge in [0.05, 0.1) is 11.4 Å². The van der Waals surface area contributed by atoms with E-state index in [4.69, 9.17) is 4.74 Å². The van der Waals surface area contributed by atoms with Crippen LogP contribution in [-0.2, 0) is 14.6 Å². The molecule has 0 aromatic heterocycles. The standard InChI is InChI=1S/C13H25NO5S/c1-13(2,3)19-12(16)14-8-9-5-6-10(7-11(9)15)20(4,17)18/h9-11,15H,5-8H2,1-4H3,(H,14,16)/t9?,10?,11-/m1/s1. The van der Waals surface area contributed by atoms with Crippen molar-refractivity contribution < 1.29 is 23.1 Å². The maximum absolute atomic E-state index is 11.5. The van der Waals surface area contributed by atoms with Gasteiger partial charge in [-0.1, -0.05) is 0 Å². The van der Waals surface area contributed by atoms with Crippen molar-refractivity contribution in [2.24, 2.45) is 5.92 Å². The van der Waals surface area contributed by atoms with Crippen molar-refractivity contribution in [3.63, 3.8) is 0 Å². The Morgan fingerprint density at radius 2 is 1.95 bits per heavy atom. The normalized spacial score (nSPS) is 27.9. The smallest absolute Gasteiger partial charge is 0.407 e. The molecule has 1 aliphatic carbocycles. The summed E-state index contributed by atoms with van der Waals surface area (Å²) in [5.41, 5.74) is -0.559. The molecular formula is C13H25NO5S. The van der Waals surface area contributed by atoms with E-state index in [1.165, 1.54) is 6.26 Å². The van der Waals surface area contributed by atoms with Gasteiger partial charge in [-0.2, -0.15) is 0 Å². The lowest BCUT2D eigenvalue weighted by Gasteiger charge is -2.32. The van der Waals surface area contributed by atoms with E-state index in [9.17, 15) is 18.3 Å². The summed E-state index contributed by atoms with van der Waals surface area (Å²) >= 11 is 0. The van der Waals surface area contributed by atoms with Gasteiger partial charge in [0, 0.05) is 18.7 Å². The Labute approximate surface area is 120 Å². The van der Waals surface area contributed by atoms with E-state index in [0.29, 0.717) is 19.4 Å². The zero-order chi connectivity index (χ0) is 15.6. The molecule has 2 N–H and O–H groups in total. The summed E-state index contributed by atoms with van der Waals surface area (Å²) < 4.78 is 28.0. The molecule has 0 spiro atoms. The first kappa shape index (κ1) is 17.2. The quantitative estimate of drug-likeness (QED) is 0.814. The van der Waals surface area contributed by atoms with Gasteiger partial charge in [0.1, 0.15) is 15.4 Å². The van der Waals surface area contributed by atoms with Gasteiger partial charge in [0.15, 0.2) is 0 Å². The molecule has 0 radical (unpaired) electrons. The number of alkyl carbamates (subject to hydrolysis) is 1. The van der Waals surface area contributed by atoms with Gasteiger partial charge in [0.25, 0.3) is 0 Å². The molecule has 3 atom stereocenters. The fraction of sp³-hybridized carbons (Fsp3) is 0.923. The van der Waals surface area contributed by atoms with Crippen LogP contribution in [0.3, 0.4) is 0 Å². The van der Waals surface area contributed by atoms with Crippen molar-refractivity contribution in [1.29, 1.82) is 0 Å². The Hall–Kier alpha value is -0.820. The highest BCUT2D eigenvalue weighted by Crippen LogP contribution is 2.28. The third kappa shape index (κ3) is 5.66. The van der Waals surface area contributed by atoms with Crippen LogP contribution in [0.4, 0.5) is 4.79 Å². The molecule has 1 amide bonds. The molecular weight excluding hydrogens is 282 g/mol. The third-order valence-electron chi connectivity index (χ3n) is 3.42. The predicted octanol–water partition coefficient (Wildman–Crippen LogP) is 1.09. The maximum atomic E-state index is 11.5. The van der Waals surface area contributed by atoms with Crippen LogP contribution >= 0.6 is 0 Å². The van der Waals surface area contributed by atoms with Crippen molar-refractivity contribution >= 4 is 15.9 Å². The molecule has 20 heavy (non-hydrogen) atoms. The summed E-state index contributed by atoms with van der Waals surface area (Å²) in [6, 6.07) is 0. The van der Waals surface area contributed by atoms with Gasteiger partial charge in [-0.25, -0.2) is 13.2 Å². The van der Waals surface area contributed by atoms with E-state index < -0.39 is 32.9 Å². The molecule has 0 heterocycles. The SMILES string of the molecule is CC(C)(C)OC(=O)NCC1CCC(S(C)(=O)=O)C[C@H]1O. The molecule has 0 aromatic carbocycles. The zero-order valence-corrected chi connectivity index (χ0v) is 13.4. The summed E-state index contributed by atoms with van der Waals surface area (Å²) in [6.07, 6.45) is 1.31. The lowest BCUT2D eigenvalue weighted by Crippen LogP contribution is -2.43. The molecule has 118 valence electrons. The van der Waals surface area contributed by atoms with Crippen molar-refractivity contribution in [3.05, 3.63) is 0 Å².